The molecule has 0 unspecified atom stereocenters. The van der Waals surface area contributed by atoms with Crippen LogP contribution in [0.3, 0.4) is 0 Å². The number of thioether (sulfide) groups is 1. The molecular weight excluding hydrogens is 389 g/mol. The minimum absolute atomic E-state index is 0.175. The van der Waals surface area contributed by atoms with E-state index in [1.54, 1.807) is 12.1 Å². The Morgan fingerprint density at radius 3 is 2.48 bits per heavy atom. The molecule has 150 valence electrons. The molecule has 1 aliphatic rings. The van der Waals surface area contributed by atoms with Crippen LogP contribution in [-0.4, -0.2) is 26.0 Å². The van der Waals surface area contributed by atoms with E-state index in [-0.39, 0.29) is 17.8 Å². The molecule has 1 aromatic heterocycles. The van der Waals surface area contributed by atoms with Crippen molar-refractivity contribution in [2.75, 3.05) is 10.7 Å². The van der Waals surface area contributed by atoms with Crippen molar-refractivity contribution < 1.29 is 9.18 Å². The molecule has 0 aliphatic carbocycles. The van der Waals surface area contributed by atoms with Crippen LogP contribution in [0.5, 0.6) is 0 Å². The lowest BCUT2D eigenvalue weighted by molar-refractivity contribution is -0.116. The van der Waals surface area contributed by atoms with Gasteiger partial charge < -0.3 is 10.7 Å². The largest absolute Gasteiger partial charge is 0.325 e. The molecule has 2 heterocycles. The van der Waals surface area contributed by atoms with E-state index in [0.717, 1.165) is 24.2 Å². The monoisotopic (exact) mass is 411 g/mol. The van der Waals surface area contributed by atoms with Crippen LogP contribution in [0.2, 0.25) is 0 Å². The lowest BCUT2D eigenvalue weighted by Crippen LogP contribution is -2.41. The van der Waals surface area contributed by atoms with Gasteiger partial charge in [0.1, 0.15) is 11.1 Å². The molecule has 2 N–H and O–H groups in total. The van der Waals surface area contributed by atoms with Gasteiger partial charge >= 0.3 is 0 Å². The third kappa shape index (κ3) is 3.98. The van der Waals surface area contributed by atoms with Crippen LogP contribution < -0.4 is 10.7 Å². The Bertz CT molecular complexity index is 1000. The van der Waals surface area contributed by atoms with Gasteiger partial charge in [-0.05, 0) is 41.8 Å². The summed E-state index contributed by atoms with van der Waals surface area (Å²) < 4.78 is 15.0. The summed E-state index contributed by atoms with van der Waals surface area (Å²) in [5, 5.41) is 11.5. The van der Waals surface area contributed by atoms with Gasteiger partial charge in [-0.25, -0.2) is 9.07 Å². The van der Waals surface area contributed by atoms with E-state index in [0.29, 0.717) is 10.8 Å². The summed E-state index contributed by atoms with van der Waals surface area (Å²) in [6.45, 7) is 4.13. The van der Waals surface area contributed by atoms with E-state index in [1.807, 2.05) is 11.6 Å². The van der Waals surface area contributed by atoms with Crippen LogP contribution in [-0.2, 0) is 17.6 Å². The molecule has 2 aromatic carbocycles. The lowest BCUT2D eigenvalue weighted by atomic mass is 10.0. The second-order valence-electron chi connectivity index (χ2n) is 6.82. The number of hydrogen-bond acceptors (Lipinski definition) is 5. The molecule has 8 heteroatoms. The van der Waals surface area contributed by atoms with E-state index in [1.165, 1.54) is 29.5 Å². The number of carbonyl (C=O) groups excluding carboxylic acids is 1. The molecule has 0 spiro atoms. The number of rotatable bonds is 5. The number of aryl methyl sites for hydroxylation is 2. The summed E-state index contributed by atoms with van der Waals surface area (Å²) >= 11 is 1.38. The van der Waals surface area contributed by atoms with Crippen molar-refractivity contribution in [2.24, 2.45) is 0 Å². The first-order valence-corrected chi connectivity index (χ1v) is 10.5. The number of fused-ring (bicyclic) bond motifs is 1. The van der Waals surface area contributed by atoms with Gasteiger partial charge in [-0.2, -0.15) is 0 Å². The fourth-order valence-corrected chi connectivity index (χ4v) is 4.38. The Morgan fingerprint density at radius 2 is 1.83 bits per heavy atom. The van der Waals surface area contributed by atoms with Crippen molar-refractivity contribution in [1.82, 2.24) is 14.9 Å². The number of hydrogen-bond donors (Lipinski definition) is 2. The van der Waals surface area contributed by atoms with Gasteiger partial charge in [-0.3, -0.25) is 4.79 Å². The van der Waals surface area contributed by atoms with Gasteiger partial charge in [-0.15, -0.1) is 10.2 Å². The summed E-state index contributed by atoms with van der Waals surface area (Å²) in [6, 6.07) is 13.8. The molecule has 0 radical (unpaired) electrons. The third-order valence-corrected chi connectivity index (χ3v) is 6.15. The fraction of sp³-hybridized carbons (Fsp3) is 0.286. The molecule has 0 fully saturated rings. The Kier molecular flexibility index (Phi) is 5.53. The van der Waals surface area contributed by atoms with Crippen LogP contribution in [0.1, 0.15) is 36.8 Å². The van der Waals surface area contributed by atoms with Gasteiger partial charge in [0.15, 0.2) is 5.82 Å². The van der Waals surface area contributed by atoms with Crippen LogP contribution >= 0.6 is 11.8 Å². The maximum absolute atomic E-state index is 13.2. The normalized spacial score (nSPS) is 18.0. The summed E-state index contributed by atoms with van der Waals surface area (Å²) in [7, 11) is 0. The van der Waals surface area contributed by atoms with E-state index in [9.17, 15) is 9.18 Å². The number of benzene rings is 2. The molecule has 2 atom stereocenters. The standard InChI is InChI=1S/C21H22FN5OS/c1-3-13-5-7-14(8-6-13)18-19(20(28)23-16-11-9-15(22)10-12-16)29-21-25-24-17(4-2)27(21)26-18/h5-12,18-19,26H,3-4H2,1-2H3,(H,23,28)/t18-,19+/m0/s1. The zero-order valence-corrected chi connectivity index (χ0v) is 17.0. The van der Waals surface area contributed by atoms with Gasteiger partial charge in [0.25, 0.3) is 0 Å². The first-order chi connectivity index (χ1) is 14.1. The first-order valence-electron chi connectivity index (χ1n) is 9.61. The predicted octanol–water partition coefficient (Wildman–Crippen LogP) is 3.94. The molecule has 0 bridgehead atoms. The Hall–Kier alpha value is -2.87. The molecular formula is C21H22FN5OS. The molecule has 29 heavy (non-hydrogen) atoms. The van der Waals surface area contributed by atoms with Gasteiger partial charge in [-0.1, -0.05) is 49.9 Å². The number of carbonyl (C=O) groups is 1. The van der Waals surface area contributed by atoms with Crippen molar-refractivity contribution >= 4 is 23.4 Å². The van der Waals surface area contributed by atoms with Crippen molar-refractivity contribution in [2.45, 2.75) is 43.1 Å². The summed E-state index contributed by atoms with van der Waals surface area (Å²) in [5.74, 6) is 0.303. The smallest absolute Gasteiger partial charge is 0.240 e. The average molecular weight is 412 g/mol. The minimum atomic E-state index is -0.464. The number of nitrogens with one attached hydrogen (secondary N) is 2. The third-order valence-electron chi connectivity index (χ3n) is 4.94. The minimum Gasteiger partial charge on any atom is -0.325 e. The molecule has 1 amide bonds. The number of aromatic nitrogens is 3. The molecule has 0 saturated carbocycles. The Morgan fingerprint density at radius 1 is 1.10 bits per heavy atom. The average Bonchev–Trinajstić information content (AvgIpc) is 3.16. The summed E-state index contributed by atoms with van der Waals surface area (Å²) in [5.41, 5.74) is 6.23. The van der Waals surface area contributed by atoms with Gasteiger partial charge in [0.05, 0.1) is 6.04 Å². The highest BCUT2D eigenvalue weighted by Crippen LogP contribution is 2.37. The van der Waals surface area contributed by atoms with E-state index < -0.39 is 5.25 Å². The van der Waals surface area contributed by atoms with E-state index in [4.69, 9.17) is 0 Å². The van der Waals surface area contributed by atoms with Crippen molar-refractivity contribution in [3.05, 3.63) is 71.3 Å². The highest BCUT2D eigenvalue weighted by molar-refractivity contribution is 8.00. The van der Waals surface area contributed by atoms with Crippen molar-refractivity contribution in [1.29, 1.82) is 0 Å². The van der Waals surface area contributed by atoms with Crippen molar-refractivity contribution in [3.63, 3.8) is 0 Å². The maximum Gasteiger partial charge on any atom is 0.240 e. The quantitative estimate of drug-likeness (QED) is 0.665. The van der Waals surface area contributed by atoms with Gasteiger partial charge in [0.2, 0.25) is 11.1 Å². The first kappa shape index (κ1) is 19.4. The Labute approximate surface area is 172 Å². The molecule has 4 rings (SSSR count). The summed E-state index contributed by atoms with van der Waals surface area (Å²) in [6.07, 6.45) is 1.69. The second kappa shape index (κ2) is 8.24. The zero-order chi connectivity index (χ0) is 20.4. The highest BCUT2D eigenvalue weighted by atomic mass is 32.2. The van der Waals surface area contributed by atoms with Crippen LogP contribution in [0.15, 0.2) is 53.7 Å². The van der Waals surface area contributed by atoms with Crippen LogP contribution in [0.4, 0.5) is 10.1 Å². The molecule has 3 aromatic rings. The Balaban J connectivity index is 1.65. The maximum atomic E-state index is 13.2. The predicted molar refractivity (Wildman–Crippen MR) is 112 cm³/mol. The number of anilines is 1. The van der Waals surface area contributed by atoms with Crippen LogP contribution in [0, 0.1) is 5.82 Å². The van der Waals surface area contributed by atoms with Gasteiger partial charge in [0, 0.05) is 12.1 Å². The SMILES string of the molecule is CCc1ccc([C@@H]2Nn3c(CC)nnc3S[C@H]2C(=O)Nc2ccc(F)cc2)cc1. The number of halogens is 1. The van der Waals surface area contributed by atoms with Crippen molar-refractivity contribution in [3.8, 4) is 0 Å². The lowest BCUT2D eigenvalue weighted by Gasteiger charge is -2.33. The van der Waals surface area contributed by atoms with E-state index in [2.05, 4.69) is 52.1 Å². The molecule has 6 nitrogen and oxygen atoms in total. The number of amides is 1. The van der Waals surface area contributed by atoms with E-state index >= 15 is 0 Å². The topological polar surface area (TPSA) is 71.8 Å². The second-order valence-corrected chi connectivity index (χ2v) is 7.93. The fourth-order valence-electron chi connectivity index (χ4n) is 3.29. The number of nitrogens with zero attached hydrogens (tertiary/aromatic N) is 3. The molecule has 1 aliphatic heterocycles. The highest BCUT2D eigenvalue weighted by Gasteiger charge is 2.37. The van der Waals surface area contributed by atoms with Crippen LogP contribution in [0.25, 0.3) is 0 Å². The molecule has 0 saturated heterocycles. The zero-order valence-electron chi connectivity index (χ0n) is 16.2. The summed E-state index contributed by atoms with van der Waals surface area (Å²) in [4.78, 5) is 13.1.